The maximum atomic E-state index is 13.2. The molecule has 2 unspecified atom stereocenters. The van der Waals surface area contributed by atoms with Gasteiger partial charge in [0.2, 0.25) is 0 Å². The molecule has 2 aliphatic rings. The number of benzene rings is 1. The number of nitrogens with zero attached hydrogens (tertiary/aromatic N) is 2. The maximum absolute atomic E-state index is 13.2. The number of nitrogens with one attached hydrogen (secondary N) is 1. The number of amides is 1. The molecule has 4 rings (SSSR count). The van der Waals surface area contributed by atoms with Crippen molar-refractivity contribution in [2.75, 3.05) is 0 Å². The fourth-order valence-electron chi connectivity index (χ4n) is 4.97. The number of fused-ring (bicyclic) bond motifs is 3. The van der Waals surface area contributed by atoms with E-state index in [0.29, 0.717) is 28.3 Å². The van der Waals surface area contributed by atoms with Gasteiger partial charge in [-0.25, -0.2) is 4.68 Å². The van der Waals surface area contributed by atoms with Gasteiger partial charge in [-0.1, -0.05) is 24.6 Å². The SMILES string of the molecule is CC(C)n1nc(C(=O)NC2C3CCCC2CC(N)C3)c2ccccc2c1=O. The normalized spacial score (nSPS) is 27.7. The van der Waals surface area contributed by atoms with E-state index in [-0.39, 0.29) is 29.6 Å². The molecule has 144 valence electrons. The molecule has 2 fully saturated rings. The molecule has 0 saturated heterocycles. The van der Waals surface area contributed by atoms with Crippen LogP contribution in [0.2, 0.25) is 0 Å². The summed E-state index contributed by atoms with van der Waals surface area (Å²) in [6.07, 6.45) is 5.40. The second-order valence-corrected chi connectivity index (χ2v) is 8.42. The molecule has 6 heteroatoms. The van der Waals surface area contributed by atoms with Crippen LogP contribution in [0.3, 0.4) is 0 Å². The Kier molecular flexibility index (Phi) is 4.76. The average Bonchev–Trinajstić information content (AvgIpc) is 2.62. The predicted octanol–water partition coefficient (Wildman–Crippen LogP) is 2.61. The number of nitrogens with two attached hydrogens (primary N) is 1. The topological polar surface area (TPSA) is 90.0 Å². The number of carbonyl (C=O) groups is 1. The van der Waals surface area contributed by atoms with E-state index in [9.17, 15) is 9.59 Å². The Labute approximate surface area is 159 Å². The Hall–Kier alpha value is -2.21. The van der Waals surface area contributed by atoms with Gasteiger partial charge in [0.1, 0.15) is 0 Å². The van der Waals surface area contributed by atoms with Crippen molar-refractivity contribution < 1.29 is 4.79 Å². The number of rotatable bonds is 3. The van der Waals surface area contributed by atoms with Gasteiger partial charge in [0.05, 0.1) is 11.4 Å². The number of hydrogen-bond donors (Lipinski definition) is 2. The summed E-state index contributed by atoms with van der Waals surface area (Å²) in [4.78, 5) is 25.9. The lowest BCUT2D eigenvalue weighted by molar-refractivity contribution is 0.0751. The summed E-state index contributed by atoms with van der Waals surface area (Å²) in [6.45, 7) is 3.80. The highest BCUT2D eigenvalue weighted by atomic mass is 16.2. The molecule has 0 aliphatic heterocycles. The van der Waals surface area contributed by atoms with Gasteiger partial charge >= 0.3 is 0 Å². The molecule has 2 aliphatic carbocycles. The molecule has 2 bridgehead atoms. The standard InChI is InChI=1S/C21H28N4O2/c1-12(2)25-21(27)17-9-4-3-8-16(17)19(24-25)20(26)23-18-13-6-5-7-14(18)11-15(22)10-13/h3-4,8-9,12-15,18H,5-7,10-11,22H2,1-2H3,(H,23,26). The zero-order valence-corrected chi connectivity index (χ0v) is 16.0. The Morgan fingerprint density at radius 3 is 2.44 bits per heavy atom. The third-order valence-corrected chi connectivity index (χ3v) is 6.21. The van der Waals surface area contributed by atoms with E-state index in [1.54, 1.807) is 12.1 Å². The molecule has 6 nitrogen and oxygen atoms in total. The van der Waals surface area contributed by atoms with Crippen molar-refractivity contribution in [1.82, 2.24) is 15.1 Å². The van der Waals surface area contributed by atoms with E-state index in [1.807, 2.05) is 26.0 Å². The molecule has 0 radical (unpaired) electrons. The fourth-order valence-corrected chi connectivity index (χ4v) is 4.97. The second kappa shape index (κ2) is 7.08. The molecule has 1 amide bonds. The van der Waals surface area contributed by atoms with Crippen molar-refractivity contribution in [2.45, 2.75) is 64.1 Å². The van der Waals surface area contributed by atoms with Gasteiger partial charge in [-0.15, -0.1) is 0 Å². The van der Waals surface area contributed by atoms with Crippen LogP contribution in [0.5, 0.6) is 0 Å². The molecule has 1 aromatic heterocycles. The summed E-state index contributed by atoms with van der Waals surface area (Å²) in [5.74, 6) is 0.704. The first-order valence-electron chi connectivity index (χ1n) is 10.0. The minimum atomic E-state index is -0.182. The van der Waals surface area contributed by atoms with Crippen molar-refractivity contribution >= 4 is 16.7 Å². The number of hydrogen-bond acceptors (Lipinski definition) is 4. The van der Waals surface area contributed by atoms with Crippen LogP contribution in [0.1, 0.15) is 62.5 Å². The zero-order chi connectivity index (χ0) is 19.1. The van der Waals surface area contributed by atoms with E-state index in [4.69, 9.17) is 5.73 Å². The van der Waals surface area contributed by atoms with Crippen LogP contribution in [0.15, 0.2) is 29.1 Å². The Morgan fingerprint density at radius 2 is 1.81 bits per heavy atom. The first kappa shape index (κ1) is 18.2. The van der Waals surface area contributed by atoms with Crippen LogP contribution >= 0.6 is 0 Å². The lowest BCUT2D eigenvalue weighted by Crippen LogP contribution is -2.54. The lowest BCUT2D eigenvalue weighted by Gasteiger charge is -2.45. The zero-order valence-electron chi connectivity index (χ0n) is 16.0. The van der Waals surface area contributed by atoms with Gasteiger partial charge in [-0.3, -0.25) is 9.59 Å². The van der Waals surface area contributed by atoms with E-state index in [1.165, 1.54) is 11.1 Å². The van der Waals surface area contributed by atoms with E-state index in [0.717, 1.165) is 25.7 Å². The number of carbonyl (C=O) groups excluding carboxylic acids is 1. The van der Waals surface area contributed by atoms with Crippen LogP contribution < -0.4 is 16.6 Å². The summed E-state index contributed by atoms with van der Waals surface area (Å²) in [5, 5.41) is 8.86. The Bertz CT molecular complexity index is 906. The third kappa shape index (κ3) is 3.27. The van der Waals surface area contributed by atoms with Gasteiger partial charge in [0, 0.05) is 17.5 Å². The van der Waals surface area contributed by atoms with E-state index >= 15 is 0 Å². The molecule has 2 saturated carbocycles. The first-order valence-corrected chi connectivity index (χ1v) is 10.0. The van der Waals surface area contributed by atoms with Crippen LogP contribution in [0.25, 0.3) is 10.8 Å². The van der Waals surface area contributed by atoms with Crippen molar-refractivity contribution in [3.63, 3.8) is 0 Å². The Balaban J connectivity index is 1.71. The van der Waals surface area contributed by atoms with Crippen LogP contribution in [0.4, 0.5) is 0 Å². The Morgan fingerprint density at radius 1 is 1.19 bits per heavy atom. The summed E-state index contributed by atoms with van der Waals surface area (Å²) < 4.78 is 1.41. The highest BCUT2D eigenvalue weighted by Crippen LogP contribution is 2.39. The van der Waals surface area contributed by atoms with E-state index < -0.39 is 0 Å². The molecular formula is C21H28N4O2. The molecule has 3 N–H and O–H groups in total. The maximum Gasteiger partial charge on any atom is 0.274 e. The minimum absolute atomic E-state index is 0.110. The highest BCUT2D eigenvalue weighted by Gasteiger charge is 2.40. The van der Waals surface area contributed by atoms with Crippen molar-refractivity contribution in [3.8, 4) is 0 Å². The average molecular weight is 368 g/mol. The molecule has 27 heavy (non-hydrogen) atoms. The smallest absolute Gasteiger partial charge is 0.274 e. The lowest BCUT2D eigenvalue weighted by atomic mass is 9.67. The molecule has 0 spiro atoms. The quantitative estimate of drug-likeness (QED) is 0.871. The highest BCUT2D eigenvalue weighted by molar-refractivity contribution is 6.04. The molecule has 2 aromatic rings. The summed E-state index contributed by atoms with van der Waals surface area (Å²) in [6, 6.07) is 7.53. The third-order valence-electron chi connectivity index (χ3n) is 6.21. The van der Waals surface area contributed by atoms with Gasteiger partial charge in [0.25, 0.3) is 11.5 Å². The van der Waals surface area contributed by atoms with Crippen LogP contribution in [-0.4, -0.2) is 27.8 Å². The molecule has 1 aromatic carbocycles. The van der Waals surface area contributed by atoms with Crippen molar-refractivity contribution in [2.24, 2.45) is 17.6 Å². The van der Waals surface area contributed by atoms with Crippen LogP contribution in [-0.2, 0) is 0 Å². The summed E-state index contributed by atoms with van der Waals surface area (Å²) >= 11 is 0. The van der Waals surface area contributed by atoms with E-state index in [2.05, 4.69) is 10.4 Å². The van der Waals surface area contributed by atoms with Gasteiger partial charge in [0.15, 0.2) is 5.69 Å². The fraction of sp³-hybridized carbons (Fsp3) is 0.571. The van der Waals surface area contributed by atoms with Crippen LogP contribution in [0, 0.1) is 11.8 Å². The monoisotopic (exact) mass is 368 g/mol. The van der Waals surface area contributed by atoms with Gasteiger partial charge in [-0.05, 0) is 57.4 Å². The first-order chi connectivity index (χ1) is 13.0. The number of aromatic nitrogens is 2. The molecular weight excluding hydrogens is 340 g/mol. The van der Waals surface area contributed by atoms with Crippen molar-refractivity contribution in [1.29, 1.82) is 0 Å². The minimum Gasteiger partial charge on any atom is -0.347 e. The summed E-state index contributed by atoms with van der Waals surface area (Å²) in [7, 11) is 0. The molecule has 2 atom stereocenters. The van der Waals surface area contributed by atoms with Gasteiger partial charge < -0.3 is 11.1 Å². The predicted molar refractivity (Wildman–Crippen MR) is 106 cm³/mol. The molecule has 1 heterocycles. The second-order valence-electron chi connectivity index (χ2n) is 8.42. The van der Waals surface area contributed by atoms with Gasteiger partial charge in [-0.2, -0.15) is 5.10 Å². The van der Waals surface area contributed by atoms with Crippen molar-refractivity contribution in [3.05, 3.63) is 40.3 Å². The summed E-state index contributed by atoms with van der Waals surface area (Å²) in [5.41, 5.74) is 6.39. The largest absolute Gasteiger partial charge is 0.347 e.